The molecule has 0 radical (unpaired) electrons. The smallest absolute Gasteiger partial charge is 0.136 e. The number of ketones is 1. The molecule has 0 amide bonds. The van der Waals surface area contributed by atoms with Crippen molar-refractivity contribution in [1.29, 1.82) is 0 Å². The molecule has 0 aliphatic rings. The molecule has 0 aromatic carbocycles. The zero-order valence-electron chi connectivity index (χ0n) is 6.23. The molecule has 0 spiro atoms. The van der Waals surface area contributed by atoms with Crippen LogP contribution in [0.5, 0.6) is 0 Å². The van der Waals surface area contributed by atoms with Crippen molar-refractivity contribution in [2.45, 2.75) is 25.6 Å². The third-order valence-corrected chi connectivity index (χ3v) is 2.07. The summed E-state index contributed by atoms with van der Waals surface area (Å²) in [5.41, 5.74) is 0. The van der Waals surface area contributed by atoms with Gasteiger partial charge in [-0.1, -0.05) is 13.8 Å². The molecule has 0 saturated carbocycles. The molecule has 0 aliphatic carbocycles. The Morgan fingerprint density at radius 1 is 1.50 bits per heavy atom. The first-order chi connectivity index (χ1) is 4.57. The van der Waals surface area contributed by atoms with Crippen LogP contribution in [0, 0.1) is 5.92 Å². The number of Topliss-reactive ketones (excluding diaryl/α,β-unsaturated/α-hetero) is 1. The SMILES string of the molecule is CC(C)C(=O)CC(Cl)CCl. The van der Waals surface area contributed by atoms with Crippen LogP contribution in [-0.2, 0) is 4.79 Å². The maximum Gasteiger partial charge on any atom is 0.136 e. The molecule has 0 fully saturated rings. The lowest BCUT2D eigenvalue weighted by Gasteiger charge is -2.05. The average molecular weight is 183 g/mol. The molecule has 1 nitrogen and oxygen atoms in total. The van der Waals surface area contributed by atoms with Crippen molar-refractivity contribution in [1.82, 2.24) is 0 Å². The molecule has 3 heteroatoms. The minimum absolute atomic E-state index is 0.0736. The van der Waals surface area contributed by atoms with Gasteiger partial charge in [0.1, 0.15) is 5.78 Å². The summed E-state index contributed by atoms with van der Waals surface area (Å²) in [6.45, 7) is 3.72. The fourth-order valence-electron chi connectivity index (χ4n) is 0.509. The van der Waals surface area contributed by atoms with Crippen LogP contribution in [0.3, 0.4) is 0 Å². The molecule has 0 N–H and O–H groups in total. The van der Waals surface area contributed by atoms with Crippen molar-refractivity contribution in [3.8, 4) is 0 Å². The van der Waals surface area contributed by atoms with E-state index in [2.05, 4.69) is 0 Å². The summed E-state index contributed by atoms with van der Waals surface area (Å²) in [5, 5.41) is -0.198. The van der Waals surface area contributed by atoms with Crippen LogP contribution in [0.15, 0.2) is 0 Å². The molecule has 0 saturated heterocycles. The predicted molar refractivity (Wildman–Crippen MR) is 44.8 cm³/mol. The van der Waals surface area contributed by atoms with E-state index in [1.807, 2.05) is 13.8 Å². The van der Waals surface area contributed by atoms with Crippen LogP contribution in [0.25, 0.3) is 0 Å². The van der Waals surface area contributed by atoms with E-state index in [1.54, 1.807) is 0 Å². The van der Waals surface area contributed by atoms with Crippen molar-refractivity contribution in [3.05, 3.63) is 0 Å². The van der Waals surface area contributed by atoms with Gasteiger partial charge in [-0.15, -0.1) is 23.2 Å². The Kier molecular flexibility index (Phi) is 5.10. The monoisotopic (exact) mass is 182 g/mol. The number of rotatable bonds is 4. The molecule has 0 aliphatic heterocycles. The molecule has 1 atom stereocenters. The second-order valence-corrected chi connectivity index (χ2v) is 3.50. The van der Waals surface area contributed by atoms with Crippen molar-refractivity contribution < 1.29 is 4.79 Å². The summed E-state index contributed by atoms with van der Waals surface area (Å²) in [5.74, 6) is 0.602. The van der Waals surface area contributed by atoms with Crippen molar-refractivity contribution in [3.63, 3.8) is 0 Å². The van der Waals surface area contributed by atoms with Gasteiger partial charge in [0.05, 0.1) is 5.38 Å². The summed E-state index contributed by atoms with van der Waals surface area (Å²) in [7, 11) is 0. The second kappa shape index (κ2) is 4.97. The van der Waals surface area contributed by atoms with Gasteiger partial charge in [-0.05, 0) is 0 Å². The summed E-state index contributed by atoms with van der Waals surface area (Å²) in [6.07, 6.45) is 0.392. The van der Waals surface area contributed by atoms with Crippen LogP contribution >= 0.6 is 23.2 Å². The highest BCUT2D eigenvalue weighted by Gasteiger charge is 2.12. The number of alkyl halides is 2. The van der Waals surface area contributed by atoms with Crippen LogP contribution in [-0.4, -0.2) is 17.0 Å². The molecule has 0 aromatic rings. The van der Waals surface area contributed by atoms with Crippen molar-refractivity contribution in [2.75, 3.05) is 5.88 Å². The molecule has 60 valence electrons. The van der Waals surface area contributed by atoms with Gasteiger partial charge in [0.15, 0.2) is 0 Å². The van der Waals surface area contributed by atoms with E-state index in [4.69, 9.17) is 23.2 Å². The highest BCUT2D eigenvalue weighted by molar-refractivity contribution is 6.28. The first-order valence-corrected chi connectivity index (χ1v) is 4.27. The standard InChI is InChI=1S/C7H12Cl2O/c1-5(2)7(10)3-6(9)4-8/h5-6H,3-4H2,1-2H3. The van der Waals surface area contributed by atoms with Gasteiger partial charge in [-0.25, -0.2) is 0 Å². The van der Waals surface area contributed by atoms with E-state index in [9.17, 15) is 4.79 Å². The number of carbonyl (C=O) groups excluding carboxylic acids is 1. The molecular weight excluding hydrogens is 171 g/mol. The van der Waals surface area contributed by atoms with Gasteiger partial charge in [0.2, 0.25) is 0 Å². The normalized spacial score (nSPS) is 13.7. The van der Waals surface area contributed by atoms with E-state index >= 15 is 0 Å². The molecular formula is C7H12Cl2O. The largest absolute Gasteiger partial charge is 0.299 e. The number of halogens is 2. The fraction of sp³-hybridized carbons (Fsp3) is 0.857. The number of carbonyl (C=O) groups is 1. The highest BCUT2D eigenvalue weighted by Crippen LogP contribution is 2.08. The zero-order chi connectivity index (χ0) is 8.15. The van der Waals surface area contributed by atoms with Crippen LogP contribution in [0.2, 0.25) is 0 Å². The van der Waals surface area contributed by atoms with Gasteiger partial charge in [0, 0.05) is 18.2 Å². The van der Waals surface area contributed by atoms with E-state index in [0.29, 0.717) is 12.3 Å². The fourth-order valence-corrected chi connectivity index (χ4v) is 0.770. The molecule has 1 unspecified atom stereocenters. The first-order valence-electron chi connectivity index (χ1n) is 3.30. The molecule has 0 rings (SSSR count). The van der Waals surface area contributed by atoms with E-state index < -0.39 is 0 Å². The predicted octanol–water partition coefficient (Wildman–Crippen LogP) is 2.45. The summed E-state index contributed by atoms with van der Waals surface area (Å²) >= 11 is 11.1. The summed E-state index contributed by atoms with van der Waals surface area (Å²) < 4.78 is 0. The van der Waals surface area contributed by atoms with Crippen LogP contribution in [0.1, 0.15) is 20.3 Å². The maximum atomic E-state index is 11.0. The van der Waals surface area contributed by atoms with Crippen molar-refractivity contribution >= 4 is 29.0 Å². The Morgan fingerprint density at radius 3 is 2.30 bits per heavy atom. The Balaban J connectivity index is 3.57. The Morgan fingerprint density at radius 2 is 2.00 bits per heavy atom. The third-order valence-electron chi connectivity index (χ3n) is 1.23. The minimum atomic E-state index is -0.198. The Hall–Kier alpha value is 0.250. The average Bonchev–Trinajstić information content (AvgIpc) is 1.87. The van der Waals surface area contributed by atoms with Gasteiger partial charge in [0.25, 0.3) is 0 Å². The van der Waals surface area contributed by atoms with Crippen LogP contribution < -0.4 is 0 Å². The minimum Gasteiger partial charge on any atom is -0.299 e. The maximum absolute atomic E-state index is 11.0. The lowest BCUT2D eigenvalue weighted by atomic mass is 10.1. The van der Waals surface area contributed by atoms with Gasteiger partial charge in [-0.3, -0.25) is 4.79 Å². The van der Waals surface area contributed by atoms with Gasteiger partial charge < -0.3 is 0 Å². The molecule has 10 heavy (non-hydrogen) atoms. The van der Waals surface area contributed by atoms with E-state index in [-0.39, 0.29) is 17.1 Å². The highest BCUT2D eigenvalue weighted by atomic mass is 35.5. The zero-order valence-corrected chi connectivity index (χ0v) is 7.74. The number of hydrogen-bond acceptors (Lipinski definition) is 1. The van der Waals surface area contributed by atoms with E-state index in [1.165, 1.54) is 0 Å². The van der Waals surface area contributed by atoms with Gasteiger partial charge >= 0.3 is 0 Å². The topological polar surface area (TPSA) is 17.1 Å². The molecule has 0 bridgehead atoms. The second-order valence-electron chi connectivity index (χ2n) is 2.58. The van der Waals surface area contributed by atoms with Crippen LogP contribution in [0.4, 0.5) is 0 Å². The van der Waals surface area contributed by atoms with Crippen molar-refractivity contribution in [2.24, 2.45) is 5.92 Å². The quantitative estimate of drug-likeness (QED) is 0.611. The summed E-state index contributed by atoms with van der Waals surface area (Å²) in [4.78, 5) is 11.0. The lowest BCUT2D eigenvalue weighted by Crippen LogP contribution is -2.14. The van der Waals surface area contributed by atoms with Gasteiger partial charge in [-0.2, -0.15) is 0 Å². The lowest BCUT2D eigenvalue weighted by molar-refractivity contribution is -0.121. The first kappa shape index (κ1) is 10.2. The van der Waals surface area contributed by atoms with E-state index in [0.717, 1.165) is 0 Å². The molecule has 0 aromatic heterocycles. The Labute approximate surface area is 71.7 Å². The Bertz CT molecular complexity index is 112. The molecule has 0 heterocycles. The number of hydrogen-bond donors (Lipinski definition) is 0. The summed E-state index contributed by atoms with van der Waals surface area (Å²) in [6, 6.07) is 0. The third kappa shape index (κ3) is 4.13.